The van der Waals surface area contributed by atoms with Gasteiger partial charge in [-0.1, -0.05) is 121 Å². The van der Waals surface area contributed by atoms with Gasteiger partial charge in [-0.15, -0.1) is 13.3 Å². The van der Waals surface area contributed by atoms with Crippen molar-refractivity contribution >= 4 is 23.6 Å². The van der Waals surface area contributed by atoms with Gasteiger partial charge in [0.05, 0.1) is 0 Å². The van der Waals surface area contributed by atoms with Crippen molar-refractivity contribution < 1.29 is 58.9 Å². The van der Waals surface area contributed by atoms with Crippen LogP contribution in [0.1, 0.15) is 96.3 Å². The van der Waals surface area contributed by atoms with Crippen molar-refractivity contribution in [2.24, 2.45) is 0 Å². The summed E-state index contributed by atoms with van der Waals surface area (Å²) in [7, 11) is -2.53. The number of rotatable bonds is 7. The van der Waals surface area contributed by atoms with Gasteiger partial charge >= 0.3 is 21.7 Å². The monoisotopic (exact) mass is 630 g/mol. The average molecular weight is 632 g/mol. The molecule has 3 aromatic carbocycles. The second kappa shape index (κ2) is 15.8. The molecule has 0 fully saturated rings. The molecule has 206 valence electrons. The van der Waals surface area contributed by atoms with Gasteiger partial charge in [0.15, 0.2) is 8.07 Å². The van der Waals surface area contributed by atoms with Crippen LogP contribution in [0.4, 0.5) is 0 Å². The summed E-state index contributed by atoms with van der Waals surface area (Å²) in [5.41, 5.74) is 7.02. The molecule has 3 aromatic rings. The largest absolute Gasteiger partial charge is 4.00 e. The fraction of sp³-hybridized carbons (Fsp3) is 0.353. The number of hydrogen-bond donors (Lipinski definition) is 0. The summed E-state index contributed by atoms with van der Waals surface area (Å²) >= 11 is 0. The third kappa shape index (κ3) is 7.42. The maximum absolute atomic E-state index is 3.72. The van der Waals surface area contributed by atoms with E-state index >= 15 is 0 Å². The Labute approximate surface area is 272 Å². The second-order valence-electron chi connectivity index (χ2n) is 11.2. The van der Waals surface area contributed by atoms with Crippen LogP contribution in [0.25, 0.3) is 0 Å². The van der Waals surface area contributed by atoms with E-state index in [2.05, 4.69) is 134 Å². The maximum Gasteiger partial charge on any atom is 4.00 e. The smallest absolute Gasteiger partial charge is 1.00 e. The van der Waals surface area contributed by atoms with E-state index in [0.717, 1.165) is 6.42 Å². The molecule has 0 saturated carbocycles. The summed E-state index contributed by atoms with van der Waals surface area (Å²) in [5.74, 6) is 1.49. The predicted octanol–water partition coefficient (Wildman–Crippen LogP) is -1.45. The van der Waals surface area contributed by atoms with Crippen LogP contribution < -0.4 is 52.8 Å². The van der Waals surface area contributed by atoms with Gasteiger partial charge in [-0.3, -0.25) is 6.08 Å². The van der Waals surface area contributed by atoms with E-state index in [9.17, 15) is 0 Å². The molecule has 0 unspecified atom stereocenters. The molecule has 1 aliphatic carbocycles. The van der Waals surface area contributed by atoms with Crippen LogP contribution in [0.15, 0.2) is 89.1 Å². The molecule has 5 heteroatoms. The molecular formula is C34H41Cl3SiTi. The van der Waals surface area contributed by atoms with Crippen molar-refractivity contribution in [3.05, 3.63) is 112 Å². The fourth-order valence-corrected chi connectivity index (χ4v) is 10.9. The van der Waals surface area contributed by atoms with Gasteiger partial charge in [0.25, 0.3) is 0 Å². The fourth-order valence-electron chi connectivity index (χ4n) is 5.54. The minimum Gasteiger partial charge on any atom is -1.00 e. The quantitative estimate of drug-likeness (QED) is 0.170. The van der Waals surface area contributed by atoms with Crippen LogP contribution in [0, 0.1) is 6.08 Å². The zero-order chi connectivity index (χ0) is 25.3. The Bertz CT molecular complexity index is 1170. The van der Waals surface area contributed by atoms with Gasteiger partial charge in [-0.25, -0.2) is 11.1 Å². The SMILES string of the molecule is CC1=[C-]CC([Si](c2cccc(C(C)C)c2)(c2cccc(C(C)C)c2)c2cccc(C(C)C)c2)=C1C.[Cl-].[Cl-].[Cl-].[Ti+4]. The van der Waals surface area contributed by atoms with Crippen LogP contribution >= 0.6 is 0 Å². The molecule has 4 rings (SSSR count). The summed E-state index contributed by atoms with van der Waals surface area (Å²) in [5, 5.41) is 6.09. The normalized spacial score (nSPS) is 12.9. The molecule has 0 saturated heterocycles. The predicted molar refractivity (Wildman–Crippen MR) is 156 cm³/mol. The Kier molecular flexibility index (Phi) is 15.4. The van der Waals surface area contributed by atoms with E-state index in [1.165, 1.54) is 43.4 Å². The first-order valence-corrected chi connectivity index (χ1v) is 15.3. The molecule has 0 atom stereocenters. The van der Waals surface area contributed by atoms with E-state index in [1.54, 1.807) is 5.20 Å². The van der Waals surface area contributed by atoms with Gasteiger partial charge < -0.3 is 37.2 Å². The molecule has 0 N–H and O–H groups in total. The molecule has 0 bridgehead atoms. The third-order valence-corrected chi connectivity index (χ3v) is 12.9. The standard InChI is InChI=1S/C34H41Si.3ClH.Ti/c1-23(2)28-12-9-15-31(20-28)35(34-19-18-26(7)27(34)8,32-16-10-13-29(21-32)24(3)4)33-17-11-14-30(22-33)25(5)6;;;;/h9-17,20-25H,19H2,1-8H3;3*1H;/q-1;;;;+4/p-3. The summed E-state index contributed by atoms with van der Waals surface area (Å²) in [6, 6.07) is 28.6. The molecule has 0 radical (unpaired) electrons. The Morgan fingerprint density at radius 3 is 1.18 bits per heavy atom. The Hall–Kier alpha value is -1.06. The number of allylic oxidation sites excluding steroid dienone is 4. The van der Waals surface area contributed by atoms with Gasteiger partial charge in [0.2, 0.25) is 0 Å². The summed E-state index contributed by atoms with van der Waals surface area (Å²) in [4.78, 5) is 0. The molecular weight excluding hydrogens is 591 g/mol. The average Bonchev–Trinajstić information content (AvgIpc) is 3.18. The van der Waals surface area contributed by atoms with E-state index in [1.807, 2.05) is 0 Å². The Balaban J connectivity index is 0.00000361. The molecule has 0 spiro atoms. The first kappa shape index (κ1) is 37.9. The van der Waals surface area contributed by atoms with Crippen molar-refractivity contribution in [1.29, 1.82) is 0 Å². The molecule has 0 aliphatic heterocycles. The van der Waals surface area contributed by atoms with Crippen LogP contribution in [-0.2, 0) is 21.7 Å². The second-order valence-corrected chi connectivity index (χ2v) is 15.0. The molecule has 0 nitrogen and oxygen atoms in total. The molecule has 0 heterocycles. The van der Waals surface area contributed by atoms with E-state index in [0.29, 0.717) is 17.8 Å². The van der Waals surface area contributed by atoms with Crippen molar-refractivity contribution in [2.75, 3.05) is 0 Å². The third-order valence-electron chi connectivity index (χ3n) is 7.96. The van der Waals surface area contributed by atoms with E-state index in [-0.39, 0.29) is 58.9 Å². The minimum absolute atomic E-state index is 0. The molecule has 39 heavy (non-hydrogen) atoms. The first-order valence-electron chi connectivity index (χ1n) is 13.3. The number of hydrogen-bond acceptors (Lipinski definition) is 0. The Morgan fingerprint density at radius 2 is 0.923 bits per heavy atom. The van der Waals surface area contributed by atoms with Crippen molar-refractivity contribution in [3.8, 4) is 0 Å². The van der Waals surface area contributed by atoms with Crippen LogP contribution in [0.2, 0.25) is 0 Å². The van der Waals surface area contributed by atoms with E-state index < -0.39 is 8.07 Å². The first-order chi connectivity index (χ1) is 16.7. The zero-order valence-electron chi connectivity index (χ0n) is 24.5. The van der Waals surface area contributed by atoms with Crippen molar-refractivity contribution in [1.82, 2.24) is 0 Å². The maximum atomic E-state index is 3.72. The van der Waals surface area contributed by atoms with Gasteiger partial charge in [-0.05, 0) is 50.0 Å². The van der Waals surface area contributed by atoms with Gasteiger partial charge in [0, 0.05) is 0 Å². The zero-order valence-corrected chi connectivity index (χ0v) is 29.3. The summed E-state index contributed by atoms with van der Waals surface area (Å²) < 4.78 is 0. The van der Waals surface area contributed by atoms with Crippen molar-refractivity contribution in [2.45, 2.75) is 79.6 Å². The van der Waals surface area contributed by atoms with Gasteiger partial charge in [-0.2, -0.15) is 5.20 Å². The minimum atomic E-state index is -2.53. The van der Waals surface area contributed by atoms with Crippen LogP contribution in [0.3, 0.4) is 0 Å². The van der Waals surface area contributed by atoms with E-state index in [4.69, 9.17) is 0 Å². The molecule has 0 aromatic heterocycles. The topological polar surface area (TPSA) is 0 Å². The summed E-state index contributed by atoms with van der Waals surface area (Å²) in [6.45, 7) is 18.4. The van der Waals surface area contributed by atoms with Crippen LogP contribution in [-0.4, -0.2) is 8.07 Å². The number of halogens is 3. The van der Waals surface area contributed by atoms with Crippen LogP contribution in [0.5, 0.6) is 0 Å². The molecule has 1 aliphatic rings. The van der Waals surface area contributed by atoms with Crippen molar-refractivity contribution in [3.63, 3.8) is 0 Å². The summed E-state index contributed by atoms with van der Waals surface area (Å²) in [6.07, 6.45) is 4.65. The molecule has 0 amide bonds. The van der Waals surface area contributed by atoms with Gasteiger partial charge in [0.1, 0.15) is 0 Å². The Morgan fingerprint density at radius 1 is 0.590 bits per heavy atom. The number of benzene rings is 3.